The van der Waals surface area contributed by atoms with Gasteiger partial charge in [0, 0.05) is 30.4 Å². The minimum atomic E-state index is -0.523. The van der Waals surface area contributed by atoms with Crippen molar-refractivity contribution in [2.45, 2.75) is 26.7 Å². The predicted molar refractivity (Wildman–Crippen MR) is 127 cm³/mol. The zero-order valence-electron chi connectivity index (χ0n) is 18.8. The highest BCUT2D eigenvalue weighted by Crippen LogP contribution is 2.25. The van der Waals surface area contributed by atoms with Crippen molar-refractivity contribution in [3.63, 3.8) is 0 Å². The Labute approximate surface area is 200 Å². The number of nitrogens with one attached hydrogen (secondary N) is 2. The van der Waals surface area contributed by atoms with Gasteiger partial charge in [-0.15, -0.1) is 10.2 Å². The van der Waals surface area contributed by atoms with Crippen LogP contribution >= 0.6 is 11.3 Å². The summed E-state index contributed by atoms with van der Waals surface area (Å²) < 4.78 is 13.0. The molecule has 1 saturated heterocycles. The van der Waals surface area contributed by atoms with E-state index in [9.17, 15) is 18.8 Å². The number of anilines is 2. The summed E-state index contributed by atoms with van der Waals surface area (Å²) in [7, 11) is 0. The van der Waals surface area contributed by atoms with Crippen LogP contribution in [-0.2, 0) is 4.79 Å². The lowest BCUT2D eigenvalue weighted by molar-refractivity contribution is -0.121. The zero-order valence-corrected chi connectivity index (χ0v) is 19.6. The highest BCUT2D eigenvalue weighted by atomic mass is 32.1. The molecule has 4 rings (SSSR count). The number of aryl methyl sites for hydroxylation is 2. The van der Waals surface area contributed by atoms with Gasteiger partial charge in [0.25, 0.3) is 11.8 Å². The monoisotopic (exact) mass is 481 g/mol. The molecule has 10 heteroatoms. The number of likely N-dealkylation sites (tertiary alicyclic amines) is 1. The molecule has 2 heterocycles. The summed E-state index contributed by atoms with van der Waals surface area (Å²) in [5.74, 6) is -1.47. The highest BCUT2D eigenvalue weighted by molar-refractivity contribution is 7.15. The summed E-state index contributed by atoms with van der Waals surface area (Å²) in [4.78, 5) is 39.6. The summed E-state index contributed by atoms with van der Waals surface area (Å²) in [5, 5.41) is 13.5. The van der Waals surface area contributed by atoms with Gasteiger partial charge in [0.2, 0.25) is 15.9 Å². The van der Waals surface area contributed by atoms with Crippen LogP contribution in [0.3, 0.4) is 0 Å². The number of halogens is 1. The first kappa shape index (κ1) is 23.5. The number of amides is 3. The van der Waals surface area contributed by atoms with Crippen LogP contribution < -0.4 is 10.6 Å². The van der Waals surface area contributed by atoms with Crippen molar-refractivity contribution in [1.82, 2.24) is 15.1 Å². The zero-order chi connectivity index (χ0) is 24.2. The Morgan fingerprint density at radius 2 is 1.56 bits per heavy atom. The standard InChI is InChI=1S/C24H24FN5O3S/c1-14-4-3-5-15(2)19(14)27-20(31)16-10-12-30(13-11-16)24(33)23-29-28-22(34-23)21(32)26-18-8-6-17(25)7-9-18/h3-9,16H,10-13H2,1-2H3,(H,26,32)(H,27,31). The number of carbonyl (C=O) groups excluding carboxylic acids is 3. The number of carbonyl (C=O) groups is 3. The molecule has 1 aromatic heterocycles. The molecule has 1 aliphatic rings. The molecule has 8 nitrogen and oxygen atoms in total. The molecule has 2 N–H and O–H groups in total. The first-order chi connectivity index (χ1) is 16.3. The molecular weight excluding hydrogens is 457 g/mol. The lowest BCUT2D eigenvalue weighted by atomic mass is 9.95. The fourth-order valence-electron chi connectivity index (χ4n) is 3.84. The Morgan fingerprint density at radius 3 is 2.21 bits per heavy atom. The second kappa shape index (κ2) is 10.1. The number of hydrogen-bond donors (Lipinski definition) is 2. The van der Waals surface area contributed by atoms with Gasteiger partial charge in [-0.2, -0.15) is 0 Å². The molecule has 0 saturated carbocycles. The van der Waals surface area contributed by atoms with Crippen LogP contribution in [0.1, 0.15) is 43.6 Å². The molecule has 1 fully saturated rings. The molecule has 0 radical (unpaired) electrons. The van der Waals surface area contributed by atoms with Gasteiger partial charge in [-0.25, -0.2) is 4.39 Å². The maximum absolute atomic E-state index is 13.0. The topological polar surface area (TPSA) is 104 Å². The molecule has 0 atom stereocenters. The van der Waals surface area contributed by atoms with Crippen molar-refractivity contribution in [3.05, 3.63) is 69.4 Å². The van der Waals surface area contributed by atoms with Crippen molar-refractivity contribution in [2.24, 2.45) is 5.92 Å². The van der Waals surface area contributed by atoms with Crippen LogP contribution in [-0.4, -0.2) is 45.9 Å². The average molecular weight is 482 g/mol. The number of para-hydroxylation sites is 1. The number of aromatic nitrogens is 2. The van der Waals surface area contributed by atoms with Crippen LogP contribution in [0, 0.1) is 25.6 Å². The summed E-state index contributed by atoms with van der Waals surface area (Å²) in [6.45, 7) is 4.75. The fourth-order valence-corrected chi connectivity index (χ4v) is 4.54. The van der Waals surface area contributed by atoms with Crippen LogP contribution in [0.25, 0.3) is 0 Å². The second-order valence-corrected chi connectivity index (χ2v) is 9.17. The number of rotatable bonds is 5. The largest absolute Gasteiger partial charge is 0.336 e. The molecule has 1 aliphatic heterocycles. The van der Waals surface area contributed by atoms with Gasteiger partial charge in [0.15, 0.2) is 0 Å². The van der Waals surface area contributed by atoms with E-state index in [1.807, 2.05) is 32.0 Å². The molecule has 0 unspecified atom stereocenters. The van der Waals surface area contributed by atoms with Gasteiger partial charge in [0.05, 0.1) is 0 Å². The quantitative estimate of drug-likeness (QED) is 0.572. The van der Waals surface area contributed by atoms with Gasteiger partial charge < -0.3 is 15.5 Å². The minimum absolute atomic E-state index is 0.0375. The number of benzene rings is 2. The van der Waals surface area contributed by atoms with Crippen molar-refractivity contribution in [2.75, 3.05) is 23.7 Å². The van der Waals surface area contributed by atoms with Crippen molar-refractivity contribution in [3.8, 4) is 0 Å². The summed E-state index contributed by atoms with van der Waals surface area (Å²) >= 11 is 0.898. The number of nitrogens with zero attached hydrogens (tertiary/aromatic N) is 3. The maximum atomic E-state index is 13.0. The van der Waals surface area contributed by atoms with Crippen molar-refractivity contribution < 1.29 is 18.8 Å². The van der Waals surface area contributed by atoms with E-state index in [1.54, 1.807) is 4.90 Å². The summed E-state index contributed by atoms with van der Waals surface area (Å²) in [5.41, 5.74) is 3.27. The third-order valence-electron chi connectivity index (χ3n) is 5.79. The summed E-state index contributed by atoms with van der Waals surface area (Å²) in [6, 6.07) is 11.2. The SMILES string of the molecule is Cc1cccc(C)c1NC(=O)C1CCN(C(=O)c2nnc(C(=O)Nc3ccc(F)cc3)s2)CC1. The first-order valence-corrected chi connectivity index (χ1v) is 11.7. The lowest BCUT2D eigenvalue weighted by Crippen LogP contribution is -2.41. The average Bonchev–Trinajstić information content (AvgIpc) is 3.33. The lowest BCUT2D eigenvalue weighted by Gasteiger charge is -2.30. The van der Waals surface area contributed by atoms with Gasteiger partial charge in [-0.1, -0.05) is 29.5 Å². The van der Waals surface area contributed by atoms with Crippen LogP contribution in [0.4, 0.5) is 15.8 Å². The van der Waals surface area contributed by atoms with E-state index in [0.29, 0.717) is 31.6 Å². The third kappa shape index (κ3) is 5.28. The maximum Gasteiger partial charge on any atom is 0.286 e. The van der Waals surface area contributed by atoms with Crippen LogP contribution in [0.2, 0.25) is 0 Å². The predicted octanol–water partition coefficient (Wildman–Crippen LogP) is 4.04. The van der Waals surface area contributed by atoms with Gasteiger partial charge in [-0.05, 0) is 62.1 Å². The Balaban J connectivity index is 1.32. The molecule has 0 spiro atoms. The van der Waals surface area contributed by atoms with E-state index in [2.05, 4.69) is 20.8 Å². The smallest absolute Gasteiger partial charge is 0.286 e. The van der Waals surface area contributed by atoms with Gasteiger partial charge in [0.1, 0.15) is 5.82 Å². The number of hydrogen-bond acceptors (Lipinski definition) is 6. The molecular formula is C24H24FN5O3S. The van der Waals surface area contributed by atoms with E-state index < -0.39 is 11.7 Å². The Hall–Kier alpha value is -3.66. The van der Waals surface area contributed by atoms with Crippen molar-refractivity contribution >= 4 is 40.4 Å². The highest BCUT2D eigenvalue weighted by Gasteiger charge is 2.30. The third-order valence-corrected chi connectivity index (χ3v) is 6.70. The second-order valence-electron chi connectivity index (χ2n) is 8.20. The van der Waals surface area contributed by atoms with E-state index in [-0.39, 0.29) is 27.7 Å². The Morgan fingerprint density at radius 1 is 0.941 bits per heavy atom. The first-order valence-electron chi connectivity index (χ1n) is 10.9. The summed E-state index contributed by atoms with van der Waals surface area (Å²) in [6.07, 6.45) is 1.08. The normalized spacial score (nSPS) is 14.0. The molecule has 3 aromatic rings. The van der Waals surface area contributed by atoms with Gasteiger partial charge >= 0.3 is 0 Å². The molecule has 34 heavy (non-hydrogen) atoms. The van der Waals surface area contributed by atoms with E-state index in [1.165, 1.54) is 24.3 Å². The van der Waals surface area contributed by atoms with E-state index in [4.69, 9.17) is 0 Å². The minimum Gasteiger partial charge on any atom is -0.336 e. The molecule has 2 aromatic carbocycles. The molecule has 0 aliphatic carbocycles. The van der Waals surface area contributed by atoms with Gasteiger partial charge in [-0.3, -0.25) is 14.4 Å². The number of piperidine rings is 1. The van der Waals surface area contributed by atoms with E-state index >= 15 is 0 Å². The Kier molecular flexibility index (Phi) is 6.97. The van der Waals surface area contributed by atoms with Crippen molar-refractivity contribution in [1.29, 1.82) is 0 Å². The van der Waals surface area contributed by atoms with Crippen LogP contribution in [0.5, 0.6) is 0 Å². The molecule has 3 amide bonds. The Bertz CT molecular complexity index is 1200. The molecule has 0 bridgehead atoms. The van der Waals surface area contributed by atoms with E-state index in [0.717, 1.165) is 28.2 Å². The molecule has 176 valence electrons. The fraction of sp³-hybridized carbons (Fsp3) is 0.292. The van der Waals surface area contributed by atoms with Crippen LogP contribution in [0.15, 0.2) is 42.5 Å².